The van der Waals surface area contributed by atoms with E-state index < -0.39 is 11.8 Å². The predicted octanol–water partition coefficient (Wildman–Crippen LogP) is 3.98. The Morgan fingerprint density at radius 2 is 1.42 bits per heavy atom. The molecule has 0 aromatic heterocycles. The number of hydrogen-bond acceptors (Lipinski definition) is 4. The Morgan fingerprint density at radius 3 is 2.12 bits per heavy atom. The Hall–Kier alpha value is -4.13. The van der Waals surface area contributed by atoms with E-state index in [4.69, 9.17) is 4.74 Å². The zero-order valence-electron chi connectivity index (χ0n) is 18.6. The van der Waals surface area contributed by atoms with Crippen LogP contribution in [0.25, 0.3) is 0 Å². The van der Waals surface area contributed by atoms with Gasteiger partial charge in [0.2, 0.25) is 5.91 Å². The van der Waals surface area contributed by atoms with Crippen LogP contribution in [0.15, 0.2) is 78.9 Å². The Morgan fingerprint density at radius 1 is 0.788 bits per heavy atom. The van der Waals surface area contributed by atoms with Crippen LogP contribution in [0.5, 0.6) is 5.75 Å². The monoisotopic (exact) mass is 445 g/mol. The first-order valence-corrected chi connectivity index (χ1v) is 10.7. The SMILES string of the molecule is CC(C)C(=O)Nc1ccc(C(=O)NNC(=O)c2ccccc2OCCc2ccccc2)cc1. The van der Waals surface area contributed by atoms with Crippen molar-refractivity contribution in [2.24, 2.45) is 5.92 Å². The lowest BCUT2D eigenvalue weighted by molar-refractivity contribution is -0.118. The van der Waals surface area contributed by atoms with Crippen LogP contribution in [0.3, 0.4) is 0 Å². The molecule has 3 aromatic rings. The molecule has 0 saturated heterocycles. The number of carbonyl (C=O) groups excluding carboxylic acids is 3. The quantitative estimate of drug-likeness (QED) is 0.457. The third-order valence-electron chi connectivity index (χ3n) is 4.85. The first-order chi connectivity index (χ1) is 15.9. The van der Waals surface area contributed by atoms with E-state index in [-0.39, 0.29) is 11.8 Å². The summed E-state index contributed by atoms with van der Waals surface area (Å²) < 4.78 is 5.81. The Bertz CT molecular complexity index is 1100. The third-order valence-corrected chi connectivity index (χ3v) is 4.85. The normalized spacial score (nSPS) is 10.4. The van der Waals surface area contributed by atoms with E-state index in [2.05, 4.69) is 16.2 Å². The molecule has 3 N–H and O–H groups in total. The van der Waals surface area contributed by atoms with Crippen molar-refractivity contribution >= 4 is 23.4 Å². The molecule has 3 aromatic carbocycles. The molecule has 3 rings (SSSR count). The summed E-state index contributed by atoms with van der Waals surface area (Å²) in [5.74, 6) is -0.782. The number of benzene rings is 3. The van der Waals surface area contributed by atoms with Gasteiger partial charge in [0.15, 0.2) is 0 Å². The number of anilines is 1. The van der Waals surface area contributed by atoms with Gasteiger partial charge in [-0.05, 0) is 42.0 Å². The molecule has 0 heterocycles. The van der Waals surface area contributed by atoms with E-state index in [1.807, 2.05) is 30.3 Å². The largest absolute Gasteiger partial charge is 0.492 e. The number of para-hydroxylation sites is 1. The molecule has 170 valence electrons. The second-order valence-corrected chi connectivity index (χ2v) is 7.71. The Balaban J connectivity index is 1.54. The lowest BCUT2D eigenvalue weighted by Crippen LogP contribution is -2.41. The van der Waals surface area contributed by atoms with Crippen LogP contribution in [0.2, 0.25) is 0 Å². The van der Waals surface area contributed by atoms with Crippen LogP contribution in [-0.2, 0) is 11.2 Å². The second-order valence-electron chi connectivity index (χ2n) is 7.71. The lowest BCUT2D eigenvalue weighted by atomic mass is 10.1. The van der Waals surface area contributed by atoms with Gasteiger partial charge in [-0.25, -0.2) is 0 Å². The number of ether oxygens (including phenoxy) is 1. The van der Waals surface area contributed by atoms with Crippen molar-refractivity contribution in [1.29, 1.82) is 0 Å². The zero-order chi connectivity index (χ0) is 23.6. The molecule has 0 saturated carbocycles. The van der Waals surface area contributed by atoms with Crippen LogP contribution in [-0.4, -0.2) is 24.3 Å². The molecule has 0 bridgehead atoms. The highest BCUT2D eigenvalue weighted by atomic mass is 16.5. The fourth-order valence-electron chi connectivity index (χ4n) is 2.95. The third kappa shape index (κ3) is 6.93. The summed E-state index contributed by atoms with van der Waals surface area (Å²) in [5, 5.41) is 2.76. The summed E-state index contributed by atoms with van der Waals surface area (Å²) in [6.45, 7) is 4.01. The Kier molecular flexibility index (Phi) is 8.18. The first kappa shape index (κ1) is 23.5. The molecule has 0 unspecified atom stereocenters. The number of amides is 3. The van der Waals surface area contributed by atoms with Crippen LogP contribution in [0.1, 0.15) is 40.1 Å². The van der Waals surface area contributed by atoms with Crippen molar-refractivity contribution in [3.63, 3.8) is 0 Å². The van der Waals surface area contributed by atoms with Gasteiger partial charge in [-0.2, -0.15) is 0 Å². The molecule has 0 radical (unpaired) electrons. The number of nitrogens with one attached hydrogen (secondary N) is 3. The highest BCUT2D eigenvalue weighted by molar-refractivity contribution is 6.00. The summed E-state index contributed by atoms with van der Waals surface area (Å²) in [5.41, 5.74) is 7.21. The maximum Gasteiger partial charge on any atom is 0.273 e. The van der Waals surface area contributed by atoms with Crippen molar-refractivity contribution in [3.05, 3.63) is 95.6 Å². The van der Waals surface area contributed by atoms with E-state index >= 15 is 0 Å². The molecule has 7 nitrogen and oxygen atoms in total. The van der Waals surface area contributed by atoms with Gasteiger partial charge in [0.05, 0.1) is 12.2 Å². The molecule has 0 atom stereocenters. The van der Waals surface area contributed by atoms with Gasteiger partial charge in [0, 0.05) is 23.6 Å². The van der Waals surface area contributed by atoms with Crippen LogP contribution in [0, 0.1) is 5.92 Å². The standard InChI is InChI=1S/C26H27N3O4/c1-18(2)24(30)27-21-14-12-20(13-15-21)25(31)28-29-26(32)22-10-6-7-11-23(22)33-17-16-19-8-4-3-5-9-19/h3-15,18H,16-17H2,1-2H3,(H,27,30)(H,28,31)(H,29,32). The zero-order valence-corrected chi connectivity index (χ0v) is 18.6. The molecule has 0 fully saturated rings. The van der Waals surface area contributed by atoms with E-state index in [1.165, 1.54) is 0 Å². The highest BCUT2D eigenvalue weighted by Crippen LogP contribution is 2.18. The first-order valence-electron chi connectivity index (χ1n) is 10.7. The van der Waals surface area contributed by atoms with Crippen molar-refractivity contribution in [1.82, 2.24) is 10.9 Å². The minimum atomic E-state index is -0.487. The maximum atomic E-state index is 12.6. The molecule has 0 spiro atoms. The number of rotatable bonds is 8. The minimum Gasteiger partial charge on any atom is -0.492 e. The van der Waals surface area contributed by atoms with Crippen LogP contribution in [0.4, 0.5) is 5.69 Å². The topological polar surface area (TPSA) is 96.5 Å². The van der Waals surface area contributed by atoms with Crippen molar-refractivity contribution < 1.29 is 19.1 Å². The van der Waals surface area contributed by atoms with Gasteiger partial charge >= 0.3 is 0 Å². The molecular weight excluding hydrogens is 418 g/mol. The Labute approximate surface area is 193 Å². The molecule has 0 aliphatic carbocycles. The van der Waals surface area contributed by atoms with E-state index in [0.29, 0.717) is 35.6 Å². The number of carbonyl (C=O) groups is 3. The average Bonchev–Trinajstić information content (AvgIpc) is 2.83. The van der Waals surface area contributed by atoms with Gasteiger partial charge in [-0.1, -0.05) is 56.3 Å². The average molecular weight is 446 g/mol. The molecular formula is C26H27N3O4. The molecule has 0 aliphatic heterocycles. The van der Waals surface area contributed by atoms with Gasteiger partial charge in [0.1, 0.15) is 5.75 Å². The second kappa shape index (κ2) is 11.5. The van der Waals surface area contributed by atoms with Gasteiger partial charge in [-0.3, -0.25) is 25.2 Å². The number of hydrogen-bond donors (Lipinski definition) is 3. The summed E-state index contributed by atoms with van der Waals surface area (Å²) in [7, 11) is 0. The minimum absolute atomic E-state index is 0.107. The molecule has 3 amide bonds. The highest BCUT2D eigenvalue weighted by Gasteiger charge is 2.14. The van der Waals surface area contributed by atoms with Gasteiger partial charge in [-0.15, -0.1) is 0 Å². The smallest absolute Gasteiger partial charge is 0.273 e. The van der Waals surface area contributed by atoms with Crippen molar-refractivity contribution in [2.75, 3.05) is 11.9 Å². The van der Waals surface area contributed by atoms with Crippen LogP contribution < -0.4 is 20.9 Å². The van der Waals surface area contributed by atoms with Crippen LogP contribution >= 0.6 is 0 Å². The molecule has 7 heteroatoms. The summed E-state index contributed by atoms with van der Waals surface area (Å²) >= 11 is 0. The van der Waals surface area contributed by atoms with E-state index in [1.54, 1.807) is 62.4 Å². The molecule has 33 heavy (non-hydrogen) atoms. The molecule has 0 aliphatic rings. The van der Waals surface area contributed by atoms with Gasteiger partial charge < -0.3 is 10.1 Å². The van der Waals surface area contributed by atoms with Crippen molar-refractivity contribution in [2.45, 2.75) is 20.3 Å². The van der Waals surface area contributed by atoms with Gasteiger partial charge in [0.25, 0.3) is 11.8 Å². The van der Waals surface area contributed by atoms with E-state index in [9.17, 15) is 14.4 Å². The predicted molar refractivity (Wildman–Crippen MR) is 127 cm³/mol. The fraction of sp³-hybridized carbons (Fsp3) is 0.192. The lowest BCUT2D eigenvalue weighted by Gasteiger charge is -2.13. The van der Waals surface area contributed by atoms with E-state index in [0.717, 1.165) is 5.56 Å². The summed E-state index contributed by atoms with van der Waals surface area (Å²) in [6.07, 6.45) is 0.709. The number of hydrazine groups is 1. The fourth-order valence-corrected chi connectivity index (χ4v) is 2.95. The summed E-state index contributed by atoms with van der Waals surface area (Å²) in [4.78, 5) is 36.8. The van der Waals surface area contributed by atoms with Crippen molar-refractivity contribution in [3.8, 4) is 5.75 Å². The summed E-state index contributed by atoms with van der Waals surface area (Å²) in [6, 6.07) is 23.2. The maximum absolute atomic E-state index is 12.6.